The van der Waals surface area contributed by atoms with Crippen LogP contribution in [0.2, 0.25) is 0 Å². The second kappa shape index (κ2) is 7.73. The van der Waals surface area contributed by atoms with Crippen LogP contribution in [0.1, 0.15) is 31.1 Å². The molecule has 0 spiro atoms. The minimum atomic E-state index is -2.71. The molecule has 4 rings (SSSR count). The van der Waals surface area contributed by atoms with Crippen molar-refractivity contribution in [1.29, 1.82) is 0 Å². The van der Waals surface area contributed by atoms with Gasteiger partial charge in [0.05, 0.1) is 11.8 Å². The van der Waals surface area contributed by atoms with Gasteiger partial charge in [-0.15, -0.1) is 0 Å². The molecule has 9 nitrogen and oxygen atoms in total. The maximum atomic E-state index is 13.8. The number of alkyl halides is 2. The highest BCUT2D eigenvalue weighted by Gasteiger charge is 2.47. The molecule has 0 bridgehead atoms. The quantitative estimate of drug-likeness (QED) is 0.536. The van der Waals surface area contributed by atoms with Crippen LogP contribution in [-0.4, -0.2) is 79.6 Å². The summed E-state index contributed by atoms with van der Waals surface area (Å²) in [7, 11) is 0. The predicted octanol–water partition coefficient (Wildman–Crippen LogP) is -0.0783. The summed E-state index contributed by atoms with van der Waals surface area (Å²) in [6, 6.07) is 3.03. The number of anilines is 1. The molecule has 0 amide bonds. The molecule has 0 aliphatic carbocycles. The van der Waals surface area contributed by atoms with Crippen molar-refractivity contribution in [3.05, 3.63) is 24.2 Å². The van der Waals surface area contributed by atoms with Crippen LogP contribution in [0.5, 0.6) is 0 Å². The van der Waals surface area contributed by atoms with Gasteiger partial charge >= 0.3 is 0 Å². The van der Waals surface area contributed by atoms with Gasteiger partial charge in [0.25, 0.3) is 5.92 Å². The number of halogens is 2. The van der Waals surface area contributed by atoms with E-state index in [0.717, 1.165) is 0 Å². The summed E-state index contributed by atoms with van der Waals surface area (Å²) < 4.78 is 35.1. The average Bonchev–Trinajstić information content (AvgIpc) is 3.21. The lowest BCUT2D eigenvalue weighted by atomic mass is 9.95. The van der Waals surface area contributed by atoms with E-state index in [4.69, 9.17) is 16.2 Å². The zero-order chi connectivity index (χ0) is 20.8. The smallest absolute Gasteiger partial charge is 0.250 e. The number of rotatable bonds is 5. The topological polar surface area (TPSA) is 135 Å². The summed E-state index contributed by atoms with van der Waals surface area (Å²) in [5.41, 5.74) is 12.5. The number of nitrogens with zero attached hydrogens (tertiary/aromatic N) is 4. The van der Waals surface area contributed by atoms with E-state index >= 15 is 0 Å². The van der Waals surface area contributed by atoms with Crippen LogP contribution >= 0.6 is 0 Å². The molecule has 0 saturated carbocycles. The number of aliphatic hydroxyl groups is 2. The van der Waals surface area contributed by atoms with Crippen LogP contribution in [0.4, 0.5) is 14.6 Å². The van der Waals surface area contributed by atoms with Crippen molar-refractivity contribution in [2.45, 2.75) is 55.6 Å². The molecule has 2 aliphatic heterocycles. The van der Waals surface area contributed by atoms with Crippen molar-refractivity contribution >= 4 is 11.3 Å². The van der Waals surface area contributed by atoms with Gasteiger partial charge in [-0.2, -0.15) is 5.10 Å². The van der Waals surface area contributed by atoms with Crippen LogP contribution < -0.4 is 11.5 Å². The van der Waals surface area contributed by atoms with Gasteiger partial charge in [-0.25, -0.2) is 18.3 Å². The van der Waals surface area contributed by atoms with E-state index in [1.54, 1.807) is 12.1 Å². The summed E-state index contributed by atoms with van der Waals surface area (Å²) >= 11 is 0. The minimum Gasteiger partial charge on any atom is -0.388 e. The number of aromatic nitrogens is 3. The Labute approximate surface area is 166 Å². The van der Waals surface area contributed by atoms with Crippen molar-refractivity contribution in [3.8, 4) is 0 Å². The van der Waals surface area contributed by atoms with Gasteiger partial charge in [0.1, 0.15) is 30.2 Å². The van der Waals surface area contributed by atoms with E-state index in [-0.39, 0.29) is 31.7 Å². The molecule has 5 atom stereocenters. The van der Waals surface area contributed by atoms with E-state index < -0.39 is 36.4 Å². The molecule has 0 unspecified atom stereocenters. The summed E-state index contributed by atoms with van der Waals surface area (Å²) in [6.45, 7) is 0.715. The number of ether oxygens (including phenoxy) is 1. The van der Waals surface area contributed by atoms with E-state index in [1.165, 1.54) is 10.8 Å². The fraction of sp³-hybridized carbons (Fsp3) is 0.667. The second-order valence-corrected chi connectivity index (χ2v) is 7.81. The molecule has 160 valence electrons. The van der Waals surface area contributed by atoms with Gasteiger partial charge in [0, 0.05) is 32.0 Å². The number of likely N-dealkylation sites (tertiary alicyclic amines) is 1. The summed E-state index contributed by atoms with van der Waals surface area (Å²) in [5.74, 6) is -2.42. The van der Waals surface area contributed by atoms with Crippen LogP contribution in [0.25, 0.3) is 5.52 Å². The molecular formula is C18H26F2N6O3. The van der Waals surface area contributed by atoms with Gasteiger partial charge in [0.2, 0.25) is 0 Å². The standard InChI is InChI=1S/C18H26F2N6O3/c19-18(20)4-6-25(10(7-18)3-5-21)8-13-14(27)15(28)16(29-13)11-1-2-12-17(22)23-9-24-26(11)12/h1-2,9-10,13-16,27-28H,3-8,21H2,(H2,22,23,24)/t10-,13-,14-,15-,16+/m1/s1. The first-order valence-electron chi connectivity index (χ1n) is 9.72. The average molecular weight is 412 g/mol. The maximum absolute atomic E-state index is 13.8. The van der Waals surface area contributed by atoms with Crippen molar-refractivity contribution in [3.63, 3.8) is 0 Å². The SMILES string of the molecule is NCC[C@@H]1CC(F)(F)CCN1C[C@H]1O[C@@H](c2ccc3c(N)ncnn23)[C@H](O)[C@@H]1O. The molecular weight excluding hydrogens is 386 g/mol. The lowest BCUT2D eigenvalue weighted by molar-refractivity contribution is -0.0953. The Morgan fingerprint density at radius 1 is 1.28 bits per heavy atom. The highest BCUT2D eigenvalue weighted by atomic mass is 19.3. The number of fused-ring (bicyclic) bond motifs is 1. The molecule has 2 aromatic rings. The summed E-state index contributed by atoms with van der Waals surface area (Å²) in [5, 5.41) is 25.3. The van der Waals surface area contributed by atoms with Gasteiger partial charge in [-0.05, 0) is 25.1 Å². The molecule has 0 radical (unpaired) electrons. The van der Waals surface area contributed by atoms with E-state index in [1.807, 2.05) is 4.90 Å². The van der Waals surface area contributed by atoms with Crippen molar-refractivity contribution < 1.29 is 23.7 Å². The van der Waals surface area contributed by atoms with Crippen molar-refractivity contribution in [2.75, 3.05) is 25.4 Å². The third-order valence-corrected chi connectivity index (χ3v) is 5.89. The molecule has 29 heavy (non-hydrogen) atoms. The van der Waals surface area contributed by atoms with Crippen LogP contribution in [0.15, 0.2) is 18.5 Å². The number of aliphatic hydroxyl groups excluding tert-OH is 2. The maximum Gasteiger partial charge on any atom is 0.250 e. The van der Waals surface area contributed by atoms with E-state index in [9.17, 15) is 19.0 Å². The summed E-state index contributed by atoms with van der Waals surface area (Å²) in [4.78, 5) is 5.80. The highest BCUT2D eigenvalue weighted by molar-refractivity contribution is 5.65. The van der Waals surface area contributed by atoms with Gasteiger partial charge in [-0.1, -0.05) is 0 Å². The van der Waals surface area contributed by atoms with Crippen molar-refractivity contribution in [2.24, 2.45) is 5.73 Å². The highest BCUT2D eigenvalue weighted by Crippen LogP contribution is 2.37. The predicted molar refractivity (Wildman–Crippen MR) is 100 cm³/mol. The molecule has 2 fully saturated rings. The largest absolute Gasteiger partial charge is 0.388 e. The first kappa shape index (κ1) is 20.4. The Morgan fingerprint density at radius 2 is 2.07 bits per heavy atom. The number of piperidine rings is 1. The zero-order valence-corrected chi connectivity index (χ0v) is 15.9. The summed E-state index contributed by atoms with van der Waals surface area (Å²) in [6.07, 6.45) is -2.69. The molecule has 4 heterocycles. The lowest BCUT2D eigenvalue weighted by Gasteiger charge is -2.40. The van der Waals surface area contributed by atoms with Crippen LogP contribution in [0, 0.1) is 0 Å². The normalized spacial score (nSPS) is 32.8. The van der Waals surface area contributed by atoms with Crippen LogP contribution in [0.3, 0.4) is 0 Å². The first-order valence-corrected chi connectivity index (χ1v) is 9.72. The third-order valence-electron chi connectivity index (χ3n) is 5.89. The first-order chi connectivity index (χ1) is 13.8. The number of nitrogens with two attached hydrogens (primary N) is 2. The molecule has 2 saturated heterocycles. The van der Waals surface area contributed by atoms with Gasteiger partial charge in [0.15, 0.2) is 5.82 Å². The number of hydrogen-bond donors (Lipinski definition) is 4. The Bertz CT molecular complexity index is 865. The molecule has 2 aliphatic rings. The number of nitrogen functional groups attached to an aromatic ring is 1. The molecule has 2 aromatic heterocycles. The monoisotopic (exact) mass is 412 g/mol. The Morgan fingerprint density at radius 3 is 2.83 bits per heavy atom. The van der Waals surface area contributed by atoms with E-state index in [2.05, 4.69) is 10.1 Å². The van der Waals surface area contributed by atoms with Crippen molar-refractivity contribution in [1.82, 2.24) is 19.5 Å². The minimum absolute atomic E-state index is 0.183. The number of hydrogen-bond acceptors (Lipinski definition) is 8. The Balaban J connectivity index is 1.52. The fourth-order valence-electron chi connectivity index (χ4n) is 4.35. The Hall–Kier alpha value is -1.92. The molecule has 0 aromatic carbocycles. The van der Waals surface area contributed by atoms with Crippen LogP contribution in [-0.2, 0) is 4.74 Å². The third kappa shape index (κ3) is 3.80. The lowest BCUT2D eigenvalue weighted by Crippen LogP contribution is -2.51. The fourth-order valence-corrected chi connectivity index (χ4v) is 4.35. The molecule has 11 heteroatoms. The van der Waals surface area contributed by atoms with E-state index in [0.29, 0.717) is 24.2 Å². The molecule has 6 N–H and O–H groups in total. The Kier molecular flexibility index (Phi) is 5.42. The second-order valence-electron chi connectivity index (χ2n) is 7.81. The van der Waals surface area contributed by atoms with Gasteiger partial charge < -0.3 is 26.4 Å². The van der Waals surface area contributed by atoms with Gasteiger partial charge in [-0.3, -0.25) is 4.90 Å². The zero-order valence-electron chi connectivity index (χ0n) is 15.9.